The third-order valence-corrected chi connectivity index (χ3v) is 3.13. The molecule has 0 aliphatic heterocycles. The Bertz CT molecular complexity index is 409. The van der Waals surface area contributed by atoms with Crippen LogP contribution in [0.2, 0.25) is 0 Å². The zero-order valence-electron chi connectivity index (χ0n) is 7.14. The van der Waals surface area contributed by atoms with E-state index in [1.54, 1.807) is 6.07 Å². The number of benzene rings is 1. The lowest BCUT2D eigenvalue weighted by Gasteiger charge is -2.01. The third kappa shape index (κ3) is 0.831. The number of Topliss-reactive ketones (excluding diaryl/α,β-unsaturated/α-hetero) is 1. The average Bonchev–Trinajstić information content (AvgIpc) is 2.59. The highest BCUT2D eigenvalue weighted by Crippen LogP contribution is 2.44. The van der Waals surface area contributed by atoms with Gasteiger partial charge in [0.05, 0.1) is 0 Å². The van der Waals surface area contributed by atoms with E-state index in [0.717, 1.165) is 24.0 Å². The fraction of sp³-hybridized carbons (Fsp3) is 0.364. The van der Waals surface area contributed by atoms with Gasteiger partial charge in [0.2, 0.25) is 0 Å². The van der Waals surface area contributed by atoms with Gasteiger partial charge in [-0.2, -0.15) is 0 Å². The number of aryl methyl sites for hydroxylation is 1. The molecule has 1 aromatic rings. The molecule has 1 aromatic carbocycles. The summed E-state index contributed by atoms with van der Waals surface area (Å²) in [7, 11) is 0. The minimum atomic E-state index is -0.260. The predicted octanol–water partition coefficient (Wildman–Crippen LogP) is 2.44. The van der Waals surface area contributed by atoms with Crippen molar-refractivity contribution in [3.05, 3.63) is 34.6 Å². The summed E-state index contributed by atoms with van der Waals surface area (Å²) >= 11 is 0. The van der Waals surface area contributed by atoms with E-state index in [-0.39, 0.29) is 11.6 Å². The molecular formula is C11H9FO. The molecule has 0 heterocycles. The van der Waals surface area contributed by atoms with Crippen LogP contribution in [-0.4, -0.2) is 5.78 Å². The Balaban J connectivity index is 2.34. The second-order valence-corrected chi connectivity index (χ2v) is 3.89. The minimum absolute atomic E-state index is 0.125. The van der Waals surface area contributed by atoms with E-state index in [2.05, 4.69) is 0 Å². The molecule has 3 rings (SSSR count). The van der Waals surface area contributed by atoms with Gasteiger partial charge in [-0.1, -0.05) is 0 Å². The Morgan fingerprint density at radius 1 is 1.38 bits per heavy atom. The summed E-state index contributed by atoms with van der Waals surface area (Å²) in [6.07, 6.45) is 2.57. The predicted molar refractivity (Wildman–Crippen MR) is 46.4 cm³/mol. The first-order chi connectivity index (χ1) is 6.25. The summed E-state index contributed by atoms with van der Waals surface area (Å²) in [5.41, 5.74) is 2.86. The Hall–Kier alpha value is -1.18. The van der Waals surface area contributed by atoms with Gasteiger partial charge < -0.3 is 0 Å². The second kappa shape index (κ2) is 2.19. The van der Waals surface area contributed by atoms with Gasteiger partial charge in [0.15, 0.2) is 5.78 Å². The van der Waals surface area contributed by atoms with Crippen LogP contribution >= 0.6 is 0 Å². The molecule has 1 atom stereocenters. The number of rotatable bonds is 0. The van der Waals surface area contributed by atoms with Crippen molar-refractivity contribution in [2.45, 2.75) is 25.2 Å². The first-order valence-corrected chi connectivity index (χ1v) is 4.61. The Morgan fingerprint density at radius 2 is 2.23 bits per heavy atom. The van der Waals surface area contributed by atoms with Crippen LogP contribution in [0.4, 0.5) is 4.39 Å². The summed E-state index contributed by atoms with van der Waals surface area (Å²) in [6, 6.07) is 2.98. The molecule has 0 radical (unpaired) electrons. The third-order valence-electron chi connectivity index (χ3n) is 3.13. The van der Waals surface area contributed by atoms with Crippen molar-refractivity contribution in [3.8, 4) is 0 Å². The van der Waals surface area contributed by atoms with Gasteiger partial charge in [-0.05, 0) is 42.0 Å². The van der Waals surface area contributed by atoms with E-state index in [1.807, 2.05) is 0 Å². The highest BCUT2D eigenvalue weighted by molar-refractivity contribution is 6.02. The smallest absolute Gasteiger partial charge is 0.163 e. The van der Waals surface area contributed by atoms with E-state index in [1.165, 1.54) is 6.07 Å². The maximum absolute atomic E-state index is 13.0. The maximum Gasteiger partial charge on any atom is 0.163 e. The van der Waals surface area contributed by atoms with Crippen molar-refractivity contribution >= 4 is 5.78 Å². The summed E-state index contributed by atoms with van der Waals surface area (Å²) < 4.78 is 13.0. The molecule has 0 N–H and O–H groups in total. The lowest BCUT2D eigenvalue weighted by atomic mass is 10.0. The first-order valence-electron chi connectivity index (χ1n) is 4.61. The SMILES string of the molecule is O=C1CC2CCc3cc(F)cc1c32. The molecule has 0 saturated carbocycles. The van der Waals surface area contributed by atoms with Crippen LogP contribution in [0.25, 0.3) is 0 Å². The normalized spacial score (nSPS) is 23.8. The molecule has 2 aliphatic rings. The van der Waals surface area contributed by atoms with Crippen molar-refractivity contribution in [2.24, 2.45) is 0 Å². The number of hydrogen-bond donors (Lipinski definition) is 0. The Labute approximate surface area is 75.6 Å². The molecule has 2 heteroatoms. The maximum atomic E-state index is 13.0. The van der Waals surface area contributed by atoms with Crippen molar-refractivity contribution < 1.29 is 9.18 Å². The average molecular weight is 176 g/mol. The summed E-state index contributed by atoms with van der Waals surface area (Å²) in [5, 5.41) is 0. The van der Waals surface area contributed by atoms with Crippen LogP contribution in [0, 0.1) is 5.82 Å². The lowest BCUT2D eigenvalue weighted by molar-refractivity contribution is 0.0987. The Kier molecular flexibility index (Phi) is 1.22. The van der Waals surface area contributed by atoms with E-state index < -0.39 is 0 Å². The second-order valence-electron chi connectivity index (χ2n) is 3.89. The van der Waals surface area contributed by atoms with Gasteiger partial charge >= 0.3 is 0 Å². The van der Waals surface area contributed by atoms with Crippen LogP contribution in [0.15, 0.2) is 12.1 Å². The van der Waals surface area contributed by atoms with Crippen molar-refractivity contribution in [1.29, 1.82) is 0 Å². The number of hydrogen-bond acceptors (Lipinski definition) is 1. The molecule has 2 aliphatic carbocycles. The van der Waals surface area contributed by atoms with Crippen LogP contribution in [0.3, 0.4) is 0 Å². The zero-order chi connectivity index (χ0) is 9.00. The largest absolute Gasteiger partial charge is 0.294 e. The fourth-order valence-corrected chi connectivity index (χ4v) is 2.61. The van der Waals surface area contributed by atoms with Gasteiger partial charge in [-0.15, -0.1) is 0 Å². The van der Waals surface area contributed by atoms with Crippen LogP contribution in [0.5, 0.6) is 0 Å². The molecule has 0 aromatic heterocycles. The number of ketones is 1. The topological polar surface area (TPSA) is 17.1 Å². The quantitative estimate of drug-likeness (QED) is 0.593. The molecule has 0 spiro atoms. The molecule has 1 unspecified atom stereocenters. The molecule has 0 bridgehead atoms. The van der Waals surface area contributed by atoms with E-state index in [9.17, 15) is 9.18 Å². The van der Waals surface area contributed by atoms with Crippen molar-refractivity contribution in [1.82, 2.24) is 0 Å². The van der Waals surface area contributed by atoms with Crippen LogP contribution in [-0.2, 0) is 6.42 Å². The number of carbonyl (C=O) groups excluding carboxylic acids is 1. The van der Waals surface area contributed by atoms with E-state index in [0.29, 0.717) is 17.9 Å². The van der Waals surface area contributed by atoms with Gasteiger partial charge in [-0.25, -0.2) is 4.39 Å². The summed E-state index contributed by atoms with van der Waals surface area (Å²) in [4.78, 5) is 11.4. The monoisotopic (exact) mass is 176 g/mol. The summed E-state index contributed by atoms with van der Waals surface area (Å²) in [6.45, 7) is 0. The van der Waals surface area contributed by atoms with Gasteiger partial charge in [-0.3, -0.25) is 4.79 Å². The van der Waals surface area contributed by atoms with Gasteiger partial charge in [0.25, 0.3) is 0 Å². The van der Waals surface area contributed by atoms with E-state index in [4.69, 9.17) is 0 Å². The molecule has 13 heavy (non-hydrogen) atoms. The Morgan fingerprint density at radius 3 is 3.08 bits per heavy atom. The molecule has 0 fully saturated rings. The first kappa shape index (κ1) is 7.25. The standard InChI is InChI=1S/C11H9FO/c12-8-3-6-1-2-7-4-10(13)9(5-8)11(6)7/h3,5,7H,1-2,4H2. The molecule has 0 saturated heterocycles. The summed E-state index contributed by atoms with van der Waals surface area (Å²) in [5.74, 6) is 0.267. The minimum Gasteiger partial charge on any atom is -0.294 e. The lowest BCUT2D eigenvalue weighted by Crippen LogP contribution is -1.95. The van der Waals surface area contributed by atoms with E-state index >= 15 is 0 Å². The molecule has 1 nitrogen and oxygen atoms in total. The number of carbonyl (C=O) groups is 1. The van der Waals surface area contributed by atoms with Crippen molar-refractivity contribution in [2.75, 3.05) is 0 Å². The number of halogens is 1. The molecule has 66 valence electrons. The highest BCUT2D eigenvalue weighted by Gasteiger charge is 2.35. The molecule has 0 amide bonds. The van der Waals surface area contributed by atoms with Crippen LogP contribution < -0.4 is 0 Å². The highest BCUT2D eigenvalue weighted by atomic mass is 19.1. The van der Waals surface area contributed by atoms with Crippen molar-refractivity contribution in [3.63, 3.8) is 0 Å². The van der Waals surface area contributed by atoms with Gasteiger partial charge in [0, 0.05) is 12.0 Å². The molecular weight excluding hydrogens is 167 g/mol. The zero-order valence-corrected chi connectivity index (χ0v) is 7.14. The fourth-order valence-electron chi connectivity index (χ4n) is 2.61. The van der Waals surface area contributed by atoms with Gasteiger partial charge in [0.1, 0.15) is 5.82 Å². The van der Waals surface area contributed by atoms with Crippen LogP contribution in [0.1, 0.15) is 40.2 Å².